The van der Waals surface area contributed by atoms with Crippen LogP contribution in [0.2, 0.25) is 0 Å². The van der Waals surface area contributed by atoms with Crippen molar-refractivity contribution < 1.29 is 18.3 Å². The third-order valence-corrected chi connectivity index (χ3v) is 4.79. The predicted octanol–water partition coefficient (Wildman–Crippen LogP) is 3.72. The molecule has 0 amide bonds. The van der Waals surface area contributed by atoms with Crippen LogP contribution < -0.4 is 0 Å². The lowest BCUT2D eigenvalue weighted by Crippen LogP contribution is -2.12. The second kappa shape index (κ2) is 7.17. The van der Waals surface area contributed by atoms with Gasteiger partial charge in [0.15, 0.2) is 5.65 Å². The Hall–Kier alpha value is -1.87. The average Bonchev–Trinajstić information content (AvgIpc) is 3.01. The van der Waals surface area contributed by atoms with Crippen molar-refractivity contribution in [2.24, 2.45) is 0 Å². The molecule has 2 aromatic heterocycles. The lowest BCUT2D eigenvalue weighted by molar-refractivity contribution is -0.145. The minimum absolute atomic E-state index is 0.0820. The van der Waals surface area contributed by atoms with Crippen LogP contribution in [0.4, 0.5) is 13.2 Å². The molecule has 2 heterocycles. The van der Waals surface area contributed by atoms with Gasteiger partial charge >= 0.3 is 6.18 Å². The number of hydrogen-bond donors (Lipinski definition) is 1. The molecule has 0 atom stereocenters. The fraction of sp³-hybridized carbons (Fsp3) is 0.438. The first kappa shape index (κ1) is 17.9. The highest BCUT2D eigenvalue weighted by atomic mass is 32.2. The van der Waals surface area contributed by atoms with E-state index in [4.69, 9.17) is 5.11 Å². The molecule has 134 valence electrons. The van der Waals surface area contributed by atoms with Crippen LogP contribution in [0.15, 0.2) is 23.2 Å². The van der Waals surface area contributed by atoms with Crippen molar-refractivity contribution in [3.8, 4) is 0 Å². The summed E-state index contributed by atoms with van der Waals surface area (Å²) in [7, 11) is 0. The second-order valence-electron chi connectivity index (χ2n) is 5.60. The van der Waals surface area contributed by atoms with Gasteiger partial charge in [0.05, 0.1) is 11.0 Å². The van der Waals surface area contributed by atoms with E-state index in [0.717, 1.165) is 28.6 Å². The van der Waals surface area contributed by atoms with Crippen LogP contribution in [0.1, 0.15) is 31.2 Å². The van der Waals surface area contributed by atoms with Crippen LogP contribution in [0.25, 0.3) is 16.7 Å². The number of benzene rings is 1. The summed E-state index contributed by atoms with van der Waals surface area (Å²) in [6, 6.07) is 5.03. The predicted molar refractivity (Wildman–Crippen MR) is 89.7 cm³/mol. The number of aliphatic hydroxyl groups excluding tert-OH is 1. The number of nitrogens with zero attached hydrogens (tertiary/aromatic N) is 4. The van der Waals surface area contributed by atoms with Crippen LogP contribution in [0.5, 0.6) is 0 Å². The lowest BCUT2D eigenvalue weighted by atomic mass is 10.1. The molecular formula is C16H17F3N4OS. The van der Waals surface area contributed by atoms with Crippen LogP contribution in [0.3, 0.4) is 0 Å². The molecule has 1 aromatic carbocycles. The summed E-state index contributed by atoms with van der Waals surface area (Å²) in [6.07, 6.45) is -2.34. The van der Waals surface area contributed by atoms with E-state index in [1.807, 2.05) is 6.92 Å². The zero-order chi connectivity index (χ0) is 18.0. The van der Waals surface area contributed by atoms with E-state index in [2.05, 4.69) is 15.2 Å². The van der Waals surface area contributed by atoms with E-state index in [-0.39, 0.29) is 17.8 Å². The molecule has 0 bridgehead atoms. The molecular weight excluding hydrogens is 353 g/mol. The van der Waals surface area contributed by atoms with Crippen molar-refractivity contribution in [3.63, 3.8) is 0 Å². The first-order valence-electron chi connectivity index (χ1n) is 7.94. The number of alkyl halides is 3. The molecule has 0 fully saturated rings. The molecule has 0 aliphatic carbocycles. The Morgan fingerprint density at radius 2 is 2.04 bits per heavy atom. The molecule has 0 unspecified atom stereocenters. The molecule has 3 rings (SSSR count). The number of thioether (sulfide) groups is 1. The fourth-order valence-electron chi connectivity index (χ4n) is 2.53. The Balaban J connectivity index is 2.25. The lowest BCUT2D eigenvalue weighted by Gasteiger charge is -2.11. The summed E-state index contributed by atoms with van der Waals surface area (Å²) < 4.78 is 41.2. The number of aliphatic hydroxyl groups is 1. The first-order valence-corrected chi connectivity index (χ1v) is 8.93. The summed E-state index contributed by atoms with van der Waals surface area (Å²) in [5, 5.41) is 16.6. The number of unbranched alkanes of at least 4 members (excludes halogenated alkanes) is 1. The van der Waals surface area contributed by atoms with E-state index < -0.39 is 12.0 Å². The van der Waals surface area contributed by atoms with Gasteiger partial charge in [-0.05, 0) is 36.3 Å². The van der Waals surface area contributed by atoms with E-state index in [0.29, 0.717) is 17.0 Å². The molecule has 1 N–H and O–H groups in total. The van der Waals surface area contributed by atoms with Crippen LogP contribution in [-0.2, 0) is 12.6 Å². The van der Waals surface area contributed by atoms with Crippen molar-refractivity contribution >= 4 is 28.4 Å². The summed E-state index contributed by atoms with van der Waals surface area (Å²) in [6.45, 7) is 1.97. The normalized spacial score (nSPS) is 12.4. The van der Waals surface area contributed by atoms with Crippen LogP contribution >= 0.6 is 11.8 Å². The van der Waals surface area contributed by atoms with Crippen molar-refractivity contribution in [2.45, 2.75) is 37.4 Å². The van der Waals surface area contributed by atoms with Gasteiger partial charge in [0.1, 0.15) is 5.03 Å². The van der Waals surface area contributed by atoms with Gasteiger partial charge in [0, 0.05) is 6.61 Å². The fourth-order valence-corrected chi connectivity index (χ4v) is 3.58. The van der Waals surface area contributed by atoms with Crippen molar-refractivity contribution in [1.82, 2.24) is 19.6 Å². The van der Waals surface area contributed by atoms with Crippen molar-refractivity contribution in [1.29, 1.82) is 0 Å². The Morgan fingerprint density at radius 1 is 1.24 bits per heavy atom. The average molecular weight is 370 g/mol. The van der Waals surface area contributed by atoms with Crippen molar-refractivity contribution in [2.75, 3.05) is 12.4 Å². The van der Waals surface area contributed by atoms with E-state index in [1.165, 1.54) is 11.8 Å². The summed E-state index contributed by atoms with van der Waals surface area (Å²) in [4.78, 5) is 4.48. The maximum absolute atomic E-state index is 13.4. The summed E-state index contributed by atoms with van der Waals surface area (Å²) >= 11 is 1.39. The largest absolute Gasteiger partial charge is 0.452 e. The maximum Gasteiger partial charge on any atom is 0.452 e. The van der Waals surface area contributed by atoms with Gasteiger partial charge in [0.25, 0.3) is 0 Å². The highest BCUT2D eigenvalue weighted by Gasteiger charge is 2.38. The highest BCUT2D eigenvalue weighted by Crippen LogP contribution is 2.33. The monoisotopic (exact) mass is 370 g/mol. The number of aromatic nitrogens is 4. The third kappa shape index (κ3) is 3.57. The van der Waals surface area contributed by atoms with E-state index in [1.54, 1.807) is 18.2 Å². The van der Waals surface area contributed by atoms with Gasteiger partial charge in [0.2, 0.25) is 5.82 Å². The zero-order valence-corrected chi connectivity index (χ0v) is 14.4. The summed E-state index contributed by atoms with van der Waals surface area (Å²) in [5.41, 5.74) is 1.57. The molecule has 0 aliphatic rings. The Morgan fingerprint density at radius 3 is 2.72 bits per heavy atom. The molecule has 0 saturated heterocycles. The van der Waals surface area contributed by atoms with Gasteiger partial charge < -0.3 is 5.11 Å². The Bertz CT molecular complexity index is 894. The number of rotatable bonds is 6. The molecule has 0 saturated carbocycles. The van der Waals surface area contributed by atoms with Crippen LogP contribution in [-0.4, -0.2) is 37.0 Å². The maximum atomic E-state index is 13.4. The van der Waals surface area contributed by atoms with E-state index >= 15 is 0 Å². The van der Waals surface area contributed by atoms with Crippen molar-refractivity contribution in [3.05, 3.63) is 29.6 Å². The SMILES string of the molecule is CCCCSc1nc2ccc(CCO)cc2n2c(C(F)(F)F)nnc12. The molecule has 3 aromatic rings. The first-order chi connectivity index (χ1) is 12.0. The number of halogens is 3. The molecule has 0 aliphatic heterocycles. The molecule has 0 radical (unpaired) electrons. The van der Waals surface area contributed by atoms with Gasteiger partial charge in [-0.15, -0.1) is 22.0 Å². The smallest absolute Gasteiger partial charge is 0.396 e. The topological polar surface area (TPSA) is 63.3 Å². The van der Waals surface area contributed by atoms with E-state index in [9.17, 15) is 13.2 Å². The Kier molecular flexibility index (Phi) is 5.14. The standard InChI is InChI=1S/C16H17F3N4OS/c1-2-3-8-25-14-13-21-22-15(16(17,18)19)23(13)12-9-10(6-7-24)4-5-11(12)20-14/h4-5,9,24H,2-3,6-8H2,1H3. The second-order valence-corrected chi connectivity index (χ2v) is 6.68. The molecule has 5 nitrogen and oxygen atoms in total. The zero-order valence-electron chi connectivity index (χ0n) is 13.5. The quantitative estimate of drug-likeness (QED) is 0.529. The van der Waals surface area contributed by atoms with Gasteiger partial charge in [-0.25, -0.2) is 4.98 Å². The number of hydrogen-bond acceptors (Lipinski definition) is 5. The third-order valence-electron chi connectivity index (χ3n) is 3.75. The van der Waals surface area contributed by atoms with Gasteiger partial charge in [-0.2, -0.15) is 13.2 Å². The molecule has 9 heteroatoms. The molecule has 0 spiro atoms. The minimum atomic E-state index is -4.62. The molecule has 25 heavy (non-hydrogen) atoms. The number of fused-ring (bicyclic) bond motifs is 3. The summed E-state index contributed by atoms with van der Waals surface area (Å²) in [5.74, 6) is -0.310. The van der Waals surface area contributed by atoms with Gasteiger partial charge in [-0.1, -0.05) is 19.4 Å². The van der Waals surface area contributed by atoms with Gasteiger partial charge in [-0.3, -0.25) is 4.40 Å². The highest BCUT2D eigenvalue weighted by molar-refractivity contribution is 7.99. The Labute approximate surface area is 146 Å². The van der Waals surface area contributed by atoms with Crippen LogP contribution in [0, 0.1) is 0 Å². The minimum Gasteiger partial charge on any atom is -0.396 e.